The third-order valence-electron chi connectivity index (χ3n) is 8.55. The summed E-state index contributed by atoms with van der Waals surface area (Å²) in [7, 11) is 0. The van der Waals surface area contributed by atoms with Crippen molar-refractivity contribution in [3.05, 3.63) is 122 Å². The molecule has 10 nitrogen and oxygen atoms in total. The van der Waals surface area contributed by atoms with E-state index in [0.717, 1.165) is 85.3 Å². The highest BCUT2D eigenvalue weighted by Crippen LogP contribution is 2.32. The van der Waals surface area contributed by atoms with Crippen LogP contribution in [0.25, 0.3) is 33.8 Å². The number of nitrogens with zero attached hydrogens (tertiary/aromatic N) is 6. The first kappa shape index (κ1) is 35.2. The average Bonchev–Trinajstić information content (AvgIpc) is 3.72. The fourth-order valence-corrected chi connectivity index (χ4v) is 7.14. The molecule has 0 saturated carbocycles. The first-order valence-electron chi connectivity index (χ1n) is 16.5. The van der Waals surface area contributed by atoms with E-state index in [9.17, 15) is 0 Å². The van der Waals surface area contributed by atoms with E-state index in [1.165, 1.54) is 12.8 Å². The van der Waals surface area contributed by atoms with Gasteiger partial charge in [-0.3, -0.25) is 0 Å². The van der Waals surface area contributed by atoms with Crippen molar-refractivity contribution in [1.29, 1.82) is 0 Å². The molecule has 1 fully saturated rings. The number of benzene rings is 3. The van der Waals surface area contributed by atoms with Crippen LogP contribution in [0.3, 0.4) is 0 Å². The Kier molecular flexibility index (Phi) is 11.0. The molecule has 4 aromatic heterocycles. The topological polar surface area (TPSA) is 122 Å². The molecular weight excluding hydrogens is 815 g/mol. The summed E-state index contributed by atoms with van der Waals surface area (Å²) >= 11 is 19.8. The first-order chi connectivity index (χ1) is 24.8. The number of nitrogen functional groups attached to an aromatic ring is 1. The average molecular weight is 849 g/mol. The maximum Gasteiger partial charge on any atom is 0.172 e. The highest BCUT2D eigenvalue weighted by atomic mass is 79.9. The van der Waals surface area contributed by atoms with Gasteiger partial charge < -0.3 is 21.7 Å². The van der Waals surface area contributed by atoms with Gasteiger partial charge >= 0.3 is 0 Å². The lowest BCUT2D eigenvalue weighted by Crippen LogP contribution is -2.33. The van der Waals surface area contributed by atoms with Gasteiger partial charge in [0, 0.05) is 52.1 Å². The third kappa shape index (κ3) is 8.15. The van der Waals surface area contributed by atoms with Crippen molar-refractivity contribution in [1.82, 2.24) is 34.5 Å². The second-order valence-corrected chi connectivity index (χ2v) is 14.7. The Morgan fingerprint density at radius 1 is 0.765 bits per heavy atom. The summed E-state index contributed by atoms with van der Waals surface area (Å²) in [6.45, 7) is 3.70. The van der Waals surface area contributed by atoms with E-state index in [1.807, 2.05) is 89.4 Å². The normalized spacial score (nSPS) is 14.3. The molecule has 8 rings (SSSR count). The number of hydrogen-bond donors (Lipinski definition) is 4. The minimum absolute atomic E-state index is 0.615. The summed E-state index contributed by atoms with van der Waals surface area (Å²) in [6.07, 6.45) is 5.97. The minimum atomic E-state index is 0.615. The van der Waals surface area contributed by atoms with Crippen molar-refractivity contribution in [3.8, 4) is 22.5 Å². The zero-order chi connectivity index (χ0) is 35.3. The molecule has 1 saturated heterocycles. The Morgan fingerprint density at radius 3 is 1.90 bits per heavy atom. The smallest absolute Gasteiger partial charge is 0.172 e. The molecule has 0 spiro atoms. The lowest BCUT2D eigenvalue weighted by molar-refractivity contribution is 0.392. The van der Waals surface area contributed by atoms with Gasteiger partial charge in [0.15, 0.2) is 11.3 Å². The van der Waals surface area contributed by atoms with Crippen LogP contribution >= 0.6 is 55.1 Å². The molecule has 1 aliphatic heterocycles. The molecule has 0 bridgehead atoms. The molecule has 1 aliphatic rings. The molecule has 51 heavy (non-hydrogen) atoms. The van der Waals surface area contributed by atoms with Crippen molar-refractivity contribution < 1.29 is 0 Å². The van der Waals surface area contributed by atoms with Crippen LogP contribution in [-0.4, -0.2) is 48.8 Å². The lowest BCUT2D eigenvalue weighted by Gasteiger charge is -2.23. The molecule has 1 atom stereocenters. The van der Waals surface area contributed by atoms with Gasteiger partial charge in [-0.05, 0) is 93.5 Å². The Bertz CT molecular complexity index is 2300. The standard InChI is InChI=1S/C19H15BrClN5.C18H19BrClN5/c20-15-11-24-26-18(23-10-12-4-3-5-13(22)8-12)9-17(25-19(15)26)14-6-1-2-7-16(14)21;19-14-11-23-25-17(22-10-12-4-3-7-21-9-12)8-16(24-18(14)25)13-5-1-2-6-15(13)20/h1-9,11,23H,10,22H2;1-2,5-6,8,11-12,21-22H,3-4,7,9-10H2. The Hall–Kier alpha value is -4.20. The van der Waals surface area contributed by atoms with Gasteiger partial charge in [-0.2, -0.15) is 19.2 Å². The number of piperidine rings is 1. The van der Waals surface area contributed by atoms with Crippen LogP contribution in [0.1, 0.15) is 18.4 Å². The van der Waals surface area contributed by atoms with Gasteiger partial charge in [-0.25, -0.2) is 9.97 Å². The molecule has 260 valence electrons. The molecular formula is C37H34Br2Cl2N10. The van der Waals surface area contributed by atoms with Crippen LogP contribution in [0.2, 0.25) is 10.0 Å². The number of hydrogen-bond acceptors (Lipinski definition) is 8. The van der Waals surface area contributed by atoms with E-state index >= 15 is 0 Å². The van der Waals surface area contributed by atoms with Crippen molar-refractivity contribution in [2.75, 3.05) is 36.0 Å². The lowest BCUT2D eigenvalue weighted by atomic mass is 10.00. The Morgan fingerprint density at radius 2 is 1.35 bits per heavy atom. The van der Waals surface area contributed by atoms with Crippen molar-refractivity contribution in [2.45, 2.75) is 19.4 Å². The number of fused-ring (bicyclic) bond motifs is 2. The number of aromatic nitrogens is 6. The molecule has 1 unspecified atom stereocenters. The second kappa shape index (κ2) is 16.0. The van der Waals surface area contributed by atoms with E-state index < -0.39 is 0 Å². The number of anilines is 3. The maximum atomic E-state index is 6.37. The van der Waals surface area contributed by atoms with Gasteiger partial charge in [0.1, 0.15) is 11.6 Å². The molecule has 5 N–H and O–H groups in total. The van der Waals surface area contributed by atoms with Gasteiger partial charge in [0.2, 0.25) is 0 Å². The van der Waals surface area contributed by atoms with Gasteiger partial charge in [0.05, 0.1) is 32.7 Å². The minimum Gasteiger partial charge on any atom is -0.399 e. The Balaban J connectivity index is 0.000000159. The third-order valence-corrected chi connectivity index (χ3v) is 10.3. The van der Waals surface area contributed by atoms with E-state index in [0.29, 0.717) is 22.5 Å². The Labute approximate surface area is 322 Å². The van der Waals surface area contributed by atoms with Gasteiger partial charge in [-0.15, -0.1) is 0 Å². The number of halogens is 4. The van der Waals surface area contributed by atoms with Crippen LogP contribution in [0.5, 0.6) is 0 Å². The van der Waals surface area contributed by atoms with Crippen molar-refractivity contribution in [3.63, 3.8) is 0 Å². The SMILES string of the molecule is Clc1ccccc1-c1cc(NCC2CCCNC2)n2ncc(Br)c2n1.Nc1cccc(CNc2cc(-c3ccccc3Cl)nc3c(Br)cnn23)c1. The van der Waals surface area contributed by atoms with E-state index in [2.05, 4.69) is 58.0 Å². The number of nitrogens with one attached hydrogen (secondary N) is 3. The fraction of sp³-hybridized carbons (Fsp3) is 0.189. The summed E-state index contributed by atoms with van der Waals surface area (Å²) in [6, 6.07) is 27.2. The first-order valence-corrected chi connectivity index (χ1v) is 18.8. The molecule has 3 aromatic carbocycles. The summed E-state index contributed by atoms with van der Waals surface area (Å²) in [5.74, 6) is 2.37. The largest absolute Gasteiger partial charge is 0.399 e. The quantitative estimate of drug-likeness (QED) is 0.112. The predicted octanol–water partition coefficient (Wildman–Crippen LogP) is 9.23. The second-order valence-electron chi connectivity index (χ2n) is 12.2. The van der Waals surface area contributed by atoms with Gasteiger partial charge in [-0.1, -0.05) is 71.7 Å². The van der Waals surface area contributed by atoms with E-state index in [1.54, 1.807) is 16.9 Å². The molecule has 0 aliphatic carbocycles. The highest BCUT2D eigenvalue weighted by molar-refractivity contribution is 9.11. The van der Waals surface area contributed by atoms with Crippen molar-refractivity contribution >= 4 is 83.7 Å². The number of nitrogens with two attached hydrogens (primary N) is 1. The number of rotatable bonds is 8. The van der Waals surface area contributed by atoms with Crippen LogP contribution in [0.15, 0.2) is 106 Å². The molecule has 7 aromatic rings. The zero-order valence-corrected chi connectivity index (χ0v) is 32.0. The van der Waals surface area contributed by atoms with Crippen LogP contribution < -0.4 is 21.7 Å². The van der Waals surface area contributed by atoms with Crippen LogP contribution in [0.4, 0.5) is 17.3 Å². The summed E-state index contributed by atoms with van der Waals surface area (Å²) < 4.78 is 5.28. The van der Waals surface area contributed by atoms with Crippen LogP contribution in [-0.2, 0) is 6.54 Å². The van der Waals surface area contributed by atoms with Crippen LogP contribution in [0, 0.1) is 5.92 Å². The van der Waals surface area contributed by atoms with E-state index in [4.69, 9.17) is 38.9 Å². The predicted molar refractivity (Wildman–Crippen MR) is 215 cm³/mol. The molecule has 0 radical (unpaired) electrons. The highest BCUT2D eigenvalue weighted by Gasteiger charge is 2.17. The summed E-state index contributed by atoms with van der Waals surface area (Å²) in [5, 5.41) is 20.6. The monoisotopic (exact) mass is 846 g/mol. The molecule has 5 heterocycles. The summed E-state index contributed by atoms with van der Waals surface area (Å²) in [4.78, 5) is 9.44. The fourth-order valence-electron chi connectivity index (χ4n) is 5.98. The summed E-state index contributed by atoms with van der Waals surface area (Å²) in [5.41, 5.74) is 12.6. The van der Waals surface area contributed by atoms with E-state index in [-0.39, 0.29) is 0 Å². The molecule has 0 amide bonds. The maximum absolute atomic E-state index is 6.37. The zero-order valence-electron chi connectivity index (χ0n) is 27.3. The molecule has 14 heteroatoms. The van der Waals surface area contributed by atoms with Gasteiger partial charge in [0.25, 0.3) is 0 Å². The van der Waals surface area contributed by atoms with Crippen molar-refractivity contribution in [2.24, 2.45) is 5.92 Å².